The van der Waals surface area contributed by atoms with Crippen LogP contribution in [0.5, 0.6) is 0 Å². The van der Waals surface area contributed by atoms with Crippen molar-refractivity contribution in [3.63, 3.8) is 0 Å². The van der Waals surface area contributed by atoms with Gasteiger partial charge in [-0.1, -0.05) is 6.07 Å². The van der Waals surface area contributed by atoms with Crippen molar-refractivity contribution in [1.82, 2.24) is 5.01 Å². The minimum absolute atomic E-state index is 0.0344. The lowest BCUT2D eigenvalue weighted by molar-refractivity contribution is -0.136. The van der Waals surface area contributed by atoms with Gasteiger partial charge in [-0.05, 0) is 26.0 Å². The first-order chi connectivity index (χ1) is 13.4. The van der Waals surface area contributed by atoms with E-state index in [2.05, 4.69) is 20.3 Å². The number of alkyl halides is 6. The molecule has 0 aliphatic carbocycles. The third kappa shape index (κ3) is 4.42. The van der Waals surface area contributed by atoms with Crippen molar-refractivity contribution in [2.75, 3.05) is 11.9 Å². The molecular formula is C17H14F6N6. The van der Waals surface area contributed by atoms with E-state index >= 15 is 0 Å². The zero-order valence-electron chi connectivity index (χ0n) is 15.2. The van der Waals surface area contributed by atoms with Crippen LogP contribution < -0.4 is 5.32 Å². The molecule has 2 rings (SSSR count). The molecule has 0 aromatic heterocycles. The minimum atomic E-state index is -4.82. The topological polar surface area (TPSA) is 68.1 Å². The van der Waals surface area contributed by atoms with E-state index in [9.17, 15) is 26.3 Å². The monoisotopic (exact) mass is 416 g/mol. The number of halogens is 6. The number of nitrogens with one attached hydrogen (secondary N) is 1. The van der Waals surface area contributed by atoms with Crippen molar-refractivity contribution in [2.45, 2.75) is 38.2 Å². The Hall–Kier alpha value is -3.28. The molecule has 0 unspecified atom stereocenters. The highest BCUT2D eigenvalue weighted by Gasteiger charge is 2.50. The van der Waals surface area contributed by atoms with Gasteiger partial charge in [-0.2, -0.15) is 41.7 Å². The van der Waals surface area contributed by atoms with E-state index in [4.69, 9.17) is 11.8 Å². The van der Waals surface area contributed by atoms with Crippen molar-refractivity contribution in [3.8, 4) is 6.19 Å². The molecule has 1 atom stereocenters. The lowest BCUT2D eigenvalue weighted by Crippen LogP contribution is -2.50. The molecule has 1 N–H and O–H groups in total. The van der Waals surface area contributed by atoms with Crippen LogP contribution in [0.2, 0.25) is 0 Å². The van der Waals surface area contributed by atoms with E-state index < -0.39 is 41.3 Å². The number of hydrogen-bond acceptors (Lipinski definition) is 4. The highest BCUT2D eigenvalue weighted by molar-refractivity contribution is 6.08. The molecule has 1 aliphatic heterocycles. The van der Waals surface area contributed by atoms with Gasteiger partial charge in [0.25, 0.3) is 0 Å². The van der Waals surface area contributed by atoms with Crippen LogP contribution in [0.1, 0.15) is 25.8 Å². The van der Waals surface area contributed by atoms with Crippen molar-refractivity contribution in [1.29, 1.82) is 5.26 Å². The van der Waals surface area contributed by atoms with Gasteiger partial charge in [-0.3, -0.25) is 5.01 Å². The van der Waals surface area contributed by atoms with E-state index in [0.717, 1.165) is 17.1 Å². The highest BCUT2D eigenvalue weighted by Crippen LogP contribution is 2.39. The van der Waals surface area contributed by atoms with Crippen LogP contribution in [0.25, 0.3) is 4.85 Å². The fourth-order valence-corrected chi connectivity index (χ4v) is 2.90. The number of benzene rings is 1. The normalized spacial score (nSPS) is 20.1. The maximum absolute atomic E-state index is 13.2. The molecular weight excluding hydrogens is 402 g/mol. The quantitative estimate of drug-likeness (QED) is 0.249. The second-order valence-electron chi connectivity index (χ2n) is 6.24. The summed E-state index contributed by atoms with van der Waals surface area (Å²) < 4.78 is 78.9. The predicted molar refractivity (Wildman–Crippen MR) is 93.3 cm³/mol. The number of rotatable bonds is 3. The van der Waals surface area contributed by atoms with Crippen LogP contribution in [0.15, 0.2) is 28.3 Å². The lowest BCUT2D eigenvalue weighted by Gasteiger charge is -2.34. The number of hydrogen-bond donors (Lipinski definition) is 1. The number of aliphatic imine (C=N–C) groups is 1. The summed E-state index contributed by atoms with van der Waals surface area (Å²) in [5.74, 6) is -0.298. The zero-order chi connectivity index (χ0) is 22.0. The Morgan fingerprint density at radius 2 is 2.00 bits per heavy atom. The summed E-state index contributed by atoms with van der Waals surface area (Å²) in [6.07, 6.45) is -8.72. The fourth-order valence-electron chi connectivity index (χ4n) is 2.90. The van der Waals surface area contributed by atoms with Gasteiger partial charge in [0.05, 0.1) is 12.1 Å². The van der Waals surface area contributed by atoms with E-state index in [-0.39, 0.29) is 18.1 Å². The van der Waals surface area contributed by atoms with Crippen molar-refractivity contribution < 1.29 is 26.3 Å². The van der Waals surface area contributed by atoms with E-state index in [1.54, 1.807) is 0 Å². The second-order valence-corrected chi connectivity index (χ2v) is 6.24. The van der Waals surface area contributed by atoms with E-state index in [1.807, 2.05) is 0 Å². The largest absolute Gasteiger partial charge is 0.431 e. The summed E-state index contributed by atoms with van der Waals surface area (Å²) in [5.41, 5.74) is -4.66. The van der Waals surface area contributed by atoms with Gasteiger partial charge >= 0.3 is 12.4 Å². The predicted octanol–water partition coefficient (Wildman–Crippen LogP) is 4.95. The Labute approximate surface area is 161 Å². The summed E-state index contributed by atoms with van der Waals surface area (Å²) >= 11 is 0. The Kier molecular flexibility index (Phi) is 5.79. The van der Waals surface area contributed by atoms with Gasteiger partial charge in [0.1, 0.15) is 17.1 Å². The third-order valence-electron chi connectivity index (χ3n) is 4.31. The molecule has 12 heteroatoms. The van der Waals surface area contributed by atoms with Crippen LogP contribution in [0.3, 0.4) is 0 Å². The maximum Gasteiger partial charge on any atom is 0.431 e. The van der Waals surface area contributed by atoms with Crippen LogP contribution in [0, 0.1) is 18.0 Å². The number of anilines is 1. The minimum Gasteiger partial charge on any atom is -0.341 e. The Morgan fingerprint density at radius 3 is 2.48 bits per heavy atom. The average molecular weight is 416 g/mol. The molecule has 154 valence electrons. The number of amidine groups is 1. The van der Waals surface area contributed by atoms with Gasteiger partial charge in [0.2, 0.25) is 6.19 Å². The standard InChI is InChI=1S/C17H14F6N6/c1-4-29-15(2,8-13(28-29)17(21,22)23)14(26-9-24)27-10-5-6-12(25-3)11(7-10)16(18,19)20/h5-7H,4,8H2,1-2H3,(H,26,27)/t15-/m0/s1. The molecule has 6 nitrogen and oxygen atoms in total. The molecule has 29 heavy (non-hydrogen) atoms. The summed E-state index contributed by atoms with van der Waals surface area (Å²) in [6.45, 7) is 9.77. The Bertz CT molecular complexity index is 934. The Balaban J connectivity index is 2.46. The number of nitrogens with zero attached hydrogens (tertiary/aromatic N) is 5. The van der Waals surface area contributed by atoms with E-state index in [1.165, 1.54) is 20.0 Å². The number of hydrazone groups is 1. The van der Waals surface area contributed by atoms with Gasteiger partial charge in [-0.25, -0.2) is 4.85 Å². The first-order valence-electron chi connectivity index (χ1n) is 8.12. The summed E-state index contributed by atoms with van der Waals surface area (Å²) in [4.78, 5) is 6.32. The maximum atomic E-state index is 13.2. The molecule has 1 aliphatic rings. The number of likely N-dealkylation sites (N-methyl/N-ethyl adjacent to an activating group) is 1. The molecule has 1 aromatic rings. The smallest absolute Gasteiger partial charge is 0.341 e. The van der Waals surface area contributed by atoms with Crippen molar-refractivity contribution in [3.05, 3.63) is 35.2 Å². The molecule has 0 spiro atoms. The lowest BCUT2D eigenvalue weighted by atomic mass is 9.93. The van der Waals surface area contributed by atoms with Crippen molar-refractivity contribution in [2.24, 2.45) is 10.1 Å². The molecule has 0 fully saturated rings. The second kappa shape index (κ2) is 7.62. The summed E-state index contributed by atoms with van der Waals surface area (Å²) in [7, 11) is 0. The SMILES string of the molecule is [C-]#[N+]c1ccc(N/C(=N/C#N)[C@]2(C)CC(C(F)(F)F)=NN2CC)cc1C(F)(F)F. The first-order valence-corrected chi connectivity index (χ1v) is 8.12. The molecule has 0 amide bonds. The number of nitriles is 1. The molecule has 1 heterocycles. The molecule has 0 saturated heterocycles. The highest BCUT2D eigenvalue weighted by atomic mass is 19.4. The average Bonchev–Trinajstić information content (AvgIpc) is 2.99. The third-order valence-corrected chi connectivity index (χ3v) is 4.31. The van der Waals surface area contributed by atoms with E-state index in [0.29, 0.717) is 6.07 Å². The van der Waals surface area contributed by atoms with Crippen LogP contribution in [0.4, 0.5) is 37.7 Å². The van der Waals surface area contributed by atoms with Crippen LogP contribution >= 0.6 is 0 Å². The van der Waals surface area contributed by atoms with Crippen molar-refractivity contribution >= 4 is 22.9 Å². The molecule has 1 aromatic carbocycles. The van der Waals surface area contributed by atoms with Crippen LogP contribution in [-0.2, 0) is 6.18 Å². The molecule has 0 bridgehead atoms. The van der Waals surface area contributed by atoms with Gasteiger partial charge < -0.3 is 5.32 Å². The molecule has 0 radical (unpaired) electrons. The summed E-state index contributed by atoms with van der Waals surface area (Å²) in [5, 5.41) is 16.1. The van der Waals surface area contributed by atoms with Gasteiger partial charge in [-0.15, -0.1) is 0 Å². The van der Waals surface area contributed by atoms with Gasteiger partial charge in [0.15, 0.2) is 5.69 Å². The zero-order valence-corrected chi connectivity index (χ0v) is 15.2. The Morgan fingerprint density at radius 1 is 1.34 bits per heavy atom. The summed E-state index contributed by atoms with van der Waals surface area (Å²) in [6, 6.07) is 2.71. The van der Waals surface area contributed by atoms with Gasteiger partial charge in [0, 0.05) is 18.7 Å². The first kappa shape index (κ1) is 22.0. The fraction of sp³-hybridized carbons (Fsp3) is 0.412. The molecule has 0 saturated carbocycles. The van der Waals surface area contributed by atoms with Crippen LogP contribution in [-0.4, -0.2) is 34.8 Å².